The lowest BCUT2D eigenvalue weighted by atomic mass is 10.1. The van der Waals surface area contributed by atoms with Crippen molar-refractivity contribution in [2.45, 2.75) is 20.0 Å². The molecule has 1 aromatic carbocycles. The molecule has 114 valence electrons. The van der Waals surface area contributed by atoms with E-state index in [-0.39, 0.29) is 5.78 Å². The number of ketones is 1. The normalized spacial score (nSPS) is 11.5. The van der Waals surface area contributed by atoms with Gasteiger partial charge in [-0.05, 0) is 49.6 Å². The van der Waals surface area contributed by atoms with E-state index in [1.54, 1.807) is 41.8 Å². The molecule has 6 heteroatoms. The average Bonchev–Trinajstić information content (AvgIpc) is 3.02. The molecule has 22 heavy (non-hydrogen) atoms. The zero-order valence-electron chi connectivity index (χ0n) is 12.2. The van der Waals surface area contributed by atoms with Crippen molar-refractivity contribution in [3.05, 3.63) is 52.2 Å². The van der Waals surface area contributed by atoms with E-state index in [1.165, 1.54) is 25.2 Å². The van der Waals surface area contributed by atoms with Crippen LogP contribution in [0.2, 0.25) is 0 Å². The molecule has 0 bridgehead atoms. The number of carbonyl (C=O) groups is 3. The van der Waals surface area contributed by atoms with Gasteiger partial charge in [0.1, 0.15) is 4.88 Å². The fraction of sp³-hybridized carbons (Fsp3) is 0.188. The van der Waals surface area contributed by atoms with Crippen LogP contribution in [0.3, 0.4) is 0 Å². The van der Waals surface area contributed by atoms with Crippen LogP contribution in [0, 0.1) is 0 Å². The molecule has 0 aliphatic carbocycles. The van der Waals surface area contributed by atoms with Crippen LogP contribution in [-0.2, 0) is 9.53 Å². The van der Waals surface area contributed by atoms with Gasteiger partial charge in [-0.25, -0.2) is 4.79 Å². The lowest BCUT2D eigenvalue weighted by molar-refractivity contribution is -0.123. The van der Waals surface area contributed by atoms with Gasteiger partial charge in [-0.2, -0.15) is 0 Å². The molecule has 1 atom stereocenters. The summed E-state index contributed by atoms with van der Waals surface area (Å²) in [6, 6.07) is 9.88. The number of thiophene rings is 1. The highest BCUT2D eigenvalue weighted by Gasteiger charge is 2.19. The zero-order chi connectivity index (χ0) is 16.1. The van der Waals surface area contributed by atoms with E-state index in [0.717, 1.165) is 0 Å². The van der Waals surface area contributed by atoms with Gasteiger partial charge in [0, 0.05) is 11.3 Å². The van der Waals surface area contributed by atoms with Crippen LogP contribution in [0.5, 0.6) is 0 Å². The molecule has 1 heterocycles. The largest absolute Gasteiger partial charge is 0.448 e. The minimum absolute atomic E-state index is 0.0453. The summed E-state index contributed by atoms with van der Waals surface area (Å²) in [4.78, 5) is 35.4. The van der Waals surface area contributed by atoms with Gasteiger partial charge in [-0.15, -0.1) is 11.3 Å². The zero-order valence-corrected chi connectivity index (χ0v) is 13.0. The third kappa shape index (κ3) is 4.02. The first-order valence-corrected chi connectivity index (χ1v) is 7.51. The van der Waals surface area contributed by atoms with Crippen molar-refractivity contribution < 1.29 is 19.1 Å². The van der Waals surface area contributed by atoms with Crippen molar-refractivity contribution in [3.8, 4) is 0 Å². The van der Waals surface area contributed by atoms with Gasteiger partial charge in [0.2, 0.25) is 0 Å². The Morgan fingerprint density at radius 2 is 1.82 bits per heavy atom. The second-order valence-electron chi connectivity index (χ2n) is 4.65. The molecule has 0 radical (unpaired) electrons. The second-order valence-corrected chi connectivity index (χ2v) is 5.60. The number of benzene rings is 1. The second kappa shape index (κ2) is 7.00. The Hall–Kier alpha value is -2.47. The predicted molar refractivity (Wildman–Crippen MR) is 84.3 cm³/mol. The number of nitrogens with one attached hydrogen (secondary N) is 1. The summed E-state index contributed by atoms with van der Waals surface area (Å²) < 4.78 is 5.10. The van der Waals surface area contributed by atoms with Crippen molar-refractivity contribution >= 4 is 34.7 Å². The first-order valence-electron chi connectivity index (χ1n) is 6.63. The molecule has 0 aliphatic heterocycles. The van der Waals surface area contributed by atoms with E-state index in [1.807, 2.05) is 0 Å². The molecule has 0 spiro atoms. The Kier molecular flexibility index (Phi) is 5.06. The van der Waals surface area contributed by atoms with Crippen LogP contribution in [0.4, 0.5) is 5.69 Å². The number of Topliss-reactive ketones (excluding diaryl/α,β-unsaturated/α-hetero) is 1. The van der Waals surface area contributed by atoms with Gasteiger partial charge in [0.15, 0.2) is 11.9 Å². The summed E-state index contributed by atoms with van der Waals surface area (Å²) >= 11 is 1.25. The summed E-state index contributed by atoms with van der Waals surface area (Å²) in [7, 11) is 0. The molecule has 0 saturated heterocycles. The van der Waals surface area contributed by atoms with Gasteiger partial charge in [0.25, 0.3) is 5.91 Å². The van der Waals surface area contributed by atoms with Crippen molar-refractivity contribution in [3.63, 3.8) is 0 Å². The number of anilines is 1. The Morgan fingerprint density at radius 3 is 2.36 bits per heavy atom. The van der Waals surface area contributed by atoms with Gasteiger partial charge in [-0.1, -0.05) is 6.07 Å². The highest BCUT2D eigenvalue weighted by atomic mass is 32.1. The van der Waals surface area contributed by atoms with Crippen LogP contribution < -0.4 is 5.32 Å². The van der Waals surface area contributed by atoms with Gasteiger partial charge in [-0.3, -0.25) is 9.59 Å². The molecular formula is C16H15NO4S. The molecule has 0 unspecified atom stereocenters. The third-order valence-electron chi connectivity index (χ3n) is 2.93. The van der Waals surface area contributed by atoms with Crippen LogP contribution in [-0.4, -0.2) is 23.8 Å². The number of esters is 1. The molecule has 1 amide bonds. The van der Waals surface area contributed by atoms with Crippen molar-refractivity contribution in [1.82, 2.24) is 0 Å². The Bertz CT molecular complexity index is 677. The number of rotatable bonds is 5. The third-order valence-corrected chi connectivity index (χ3v) is 3.78. The summed E-state index contributed by atoms with van der Waals surface area (Å²) in [5, 5.41) is 4.40. The highest BCUT2D eigenvalue weighted by molar-refractivity contribution is 7.11. The van der Waals surface area contributed by atoms with Crippen LogP contribution in [0.1, 0.15) is 33.9 Å². The summed E-state index contributed by atoms with van der Waals surface area (Å²) in [5.41, 5.74) is 1.10. The van der Waals surface area contributed by atoms with E-state index < -0.39 is 18.0 Å². The minimum atomic E-state index is -0.915. The molecule has 0 saturated carbocycles. The standard InChI is InChI=1S/C16H15NO4S/c1-10(18)12-5-7-13(8-6-12)17-15(19)11(2)21-16(20)14-4-3-9-22-14/h3-9,11H,1-2H3,(H,17,19)/t11-/m0/s1. The fourth-order valence-electron chi connectivity index (χ4n) is 1.70. The van der Waals surface area contributed by atoms with Crippen molar-refractivity contribution in [2.24, 2.45) is 0 Å². The van der Waals surface area contributed by atoms with Gasteiger partial charge in [0.05, 0.1) is 0 Å². The predicted octanol–water partition coefficient (Wildman–Crippen LogP) is 3.13. The Balaban J connectivity index is 1.93. The topological polar surface area (TPSA) is 72.5 Å². The Morgan fingerprint density at radius 1 is 1.14 bits per heavy atom. The quantitative estimate of drug-likeness (QED) is 0.679. The van der Waals surface area contributed by atoms with Gasteiger partial charge < -0.3 is 10.1 Å². The maximum Gasteiger partial charge on any atom is 0.349 e. The molecule has 5 nitrogen and oxygen atoms in total. The molecule has 1 N–H and O–H groups in total. The number of ether oxygens (including phenoxy) is 1. The molecule has 2 rings (SSSR count). The summed E-state index contributed by atoms with van der Waals surface area (Å²) in [6.07, 6.45) is -0.915. The minimum Gasteiger partial charge on any atom is -0.448 e. The smallest absolute Gasteiger partial charge is 0.349 e. The lowest BCUT2D eigenvalue weighted by Crippen LogP contribution is -2.29. The molecule has 0 aliphatic rings. The monoisotopic (exact) mass is 317 g/mol. The van der Waals surface area contributed by atoms with Crippen LogP contribution in [0.15, 0.2) is 41.8 Å². The SMILES string of the molecule is CC(=O)c1ccc(NC(=O)[C@H](C)OC(=O)c2cccs2)cc1. The Labute approximate surface area is 131 Å². The molecular weight excluding hydrogens is 302 g/mol. The average molecular weight is 317 g/mol. The number of hydrogen-bond acceptors (Lipinski definition) is 5. The van der Waals surface area contributed by atoms with E-state index >= 15 is 0 Å². The maximum absolute atomic E-state index is 12.0. The van der Waals surface area contributed by atoms with Crippen LogP contribution in [0.25, 0.3) is 0 Å². The maximum atomic E-state index is 12.0. The van der Waals surface area contributed by atoms with Gasteiger partial charge >= 0.3 is 5.97 Å². The van der Waals surface area contributed by atoms with E-state index in [9.17, 15) is 14.4 Å². The summed E-state index contributed by atoms with van der Waals surface area (Å²) in [5.74, 6) is -0.999. The fourth-order valence-corrected chi connectivity index (χ4v) is 2.30. The summed E-state index contributed by atoms with van der Waals surface area (Å²) in [6.45, 7) is 2.98. The van der Waals surface area contributed by atoms with Crippen molar-refractivity contribution in [1.29, 1.82) is 0 Å². The van der Waals surface area contributed by atoms with Crippen LogP contribution >= 0.6 is 11.3 Å². The van der Waals surface area contributed by atoms with E-state index in [2.05, 4.69) is 5.32 Å². The first kappa shape index (κ1) is 15.9. The van der Waals surface area contributed by atoms with Crippen molar-refractivity contribution in [2.75, 3.05) is 5.32 Å². The lowest BCUT2D eigenvalue weighted by Gasteiger charge is -2.13. The molecule has 0 fully saturated rings. The number of amides is 1. The number of carbonyl (C=O) groups excluding carboxylic acids is 3. The van der Waals surface area contributed by atoms with E-state index in [0.29, 0.717) is 16.1 Å². The number of hydrogen-bond donors (Lipinski definition) is 1. The molecule has 2 aromatic rings. The first-order chi connectivity index (χ1) is 10.5. The highest BCUT2D eigenvalue weighted by Crippen LogP contribution is 2.13. The molecule has 1 aromatic heterocycles. The van der Waals surface area contributed by atoms with E-state index in [4.69, 9.17) is 4.74 Å².